The van der Waals surface area contributed by atoms with Gasteiger partial charge in [0.1, 0.15) is 13.7 Å². The maximum atomic E-state index is 5.37. The predicted molar refractivity (Wildman–Crippen MR) is 88.5 cm³/mol. The first kappa shape index (κ1) is 16.0. The molecule has 0 saturated carbocycles. The minimum atomic E-state index is 0.372. The van der Waals surface area contributed by atoms with E-state index in [1.807, 2.05) is 38.1 Å². The van der Waals surface area contributed by atoms with E-state index in [0.717, 1.165) is 42.2 Å². The van der Waals surface area contributed by atoms with Crippen molar-refractivity contribution in [2.24, 2.45) is 15.3 Å². The zero-order valence-electron chi connectivity index (χ0n) is 13.3. The van der Waals surface area contributed by atoms with Gasteiger partial charge >= 0.3 is 0 Å². The quantitative estimate of drug-likeness (QED) is 0.648. The van der Waals surface area contributed by atoms with Gasteiger partial charge in [0.2, 0.25) is 0 Å². The summed E-state index contributed by atoms with van der Waals surface area (Å²) in [6, 6.07) is 7.90. The number of nitrogens with zero attached hydrogens (tertiary/aromatic N) is 3. The molecule has 1 N–H and O–H groups in total. The van der Waals surface area contributed by atoms with Crippen LogP contribution in [-0.4, -0.2) is 37.5 Å². The molecule has 0 radical (unpaired) electrons. The smallest absolute Gasteiger partial charge is 0.152 e. The van der Waals surface area contributed by atoms with Crippen LogP contribution in [0.3, 0.4) is 0 Å². The van der Waals surface area contributed by atoms with Gasteiger partial charge < -0.3 is 15.0 Å². The highest BCUT2D eigenvalue weighted by atomic mass is 16.6. The Hall–Kier alpha value is -2.37. The van der Waals surface area contributed by atoms with Crippen molar-refractivity contribution < 1.29 is 9.68 Å². The van der Waals surface area contributed by atoms with E-state index >= 15 is 0 Å². The first-order valence-electron chi connectivity index (χ1n) is 7.33. The van der Waals surface area contributed by atoms with Crippen molar-refractivity contribution in [2.75, 3.05) is 20.2 Å². The first-order chi connectivity index (χ1) is 10.7. The maximum absolute atomic E-state index is 5.37. The second kappa shape index (κ2) is 8.17. The van der Waals surface area contributed by atoms with Crippen LogP contribution < -0.4 is 5.32 Å². The summed E-state index contributed by atoms with van der Waals surface area (Å²) in [4.78, 5) is 14.9. The Kier molecular flexibility index (Phi) is 5.94. The van der Waals surface area contributed by atoms with Crippen molar-refractivity contribution in [2.45, 2.75) is 26.9 Å². The molecule has 0 atom stereocenters. The number of nitrogens with one attached hydrogen (secondary N) is 1. The lowest BCUT2D eigenvalue weighted by Crippen LogP contribution is -2.36. The number of oxime groups is 2. The molecule has 0 unspecified atom stereocenters. The molecule has 6 nitrogen and oxygen atoms in total. The van der Waals surface area contributed by atoms with Gasteiger partial charge in [0.05, 0.1) is 5.71 Å². The summed E-state index contributed by atoms with van der Waals surface area (Å²) in [5.41, 5.74) is 3.49. The molecule has 1 aliphatic heterocycles. The number of benzene rings is 1. The van der Waals surface area contributed by atoms with Gasteiger partial charge in [-0.1, -0.05) is 34.6 Å². The third kappa shape index (κ3) is 4.31. The number of hydrogen-bond acceptors (Lipinski definition) is 6. The lowest BCUT2D eigenvalue weighted by molar-refractivity contribution is 0.130. The second-order valence-corrected chi connectivity index (χ2v) is 5.10. The molecule has 1 aromatic rings. The third-order valence-electron chi connectivity index (χ3n) is 3.04. The summed E-state index contributed by atoms with van der Waals surface area (Å²) < 4.78 is 0. The summed E-state index contributed by atoms with van der Waals surface area (Å²) >= 11 is 0. The van der Waals surface area contributed by atoms with Crippen molar-refractivity contribution in [3.05, 3.63) is 35.4 Å². The van der Waals surface area contributed by atoms with E-state index < -0.39 is 0 Å². The number of aliphatic imine (C=N–C) groups is 1. The molecule has 1 heterocycles. The van der Waals surface area contributed by atoms with E-state index in [9.17, 15) is 0 Å². The minimum Gasteiger partial charge on any atom is -0.399 e. The molecule has 22 heavy (non-hydrogen) atoms. The fraction of sp³-hybridized carbons (Fsp3) is 0.438. The van der Waals surface area contributed by atoms with Crippen molar-refractivity contribution in [3.63, 3.8) is 0 Å². The molecule has 0 fully saturated rings. The number of hydrogen-bond donors (Lipinski definition) is 1. The Morgan fingerprint density at radius 2 is 2.09 bits per heavy atom. The largest absolute Gasteiger partial charge is 0.399 e. The Bertz CT molecular complexity index is 590. The number of rotatable bonds is 6. The van der Waals surface area contributed by atoms with E-state index in [1.165, 1.54) is 7.11 Å². The molecular weight excluding hydrogens is 280 g/mol. The zero-order valence-corrected chi connectivity index (χ0v) is 13.3. The van der Waals surface area contributed by atoms with Gasteiger partial charge in [-0.3, -0.25) is 4.99 Å². The normalized spacial score (nSPS) is 14.7. The summed E-state index contributed by atoms with van der Waals surface area (Å²) in [5, 5.41) is 11.4. The van der Waals surface area contributed by atoms with E-state index in [2.05, 4.69) is 20.6 Å². The second-order valence-electron chi connectivity index (χ2n) is 5.10. The predicted octanol–water partition coefficient (Wildman–Crippen LogP) is 2.34. The lowest BCUT2D eigenvalue weighted by atomic mass is 10.0. The van der Waals surface area contributed by atoms with E-state index in [1.54, 1.807) is 0 Å². The molecule has 2 rings (SSSR count). The topological polar surface area (TPSA) is 67.6 Å². The zero-order chi connectivity index (χ0) is 15.8. The molecule has 118 valence electrons. The SMILES string of the molecule is CO/N=C(/C1=NCCCN1)c1ccccc1CON=C(C)C. The summed E-state index contributed by atoms with van der Waals surface area (Å²) in [6.45, 7) is 5.84. The molecule has 0 saturated heterocycles. The van der Waals surface area contributed by atoms with Crippen LogP contribution in [0.5, 0.6) is 0 Å². The summed E-state index contributed by atoms with van der Waals surface area (Å²) in [5.74, 6) is 0.760. The van der Waals surface area contributed by atoms with E-state index in [0.29, 0.717) is 12.3 Å². The highest BCUT2D eigenvalue weighted by Crippen LogP contribution is 2.14. The molecule has 0 bridgehead atoms. The molecular formula is C16H22N4O2. The third-order valence-corrected chi connectivity index (χ3v) is 3.04. The highest BCUT2D eigenvalue weighted by molar-refractivity contribution is 6.47. The Morgan fingerprint density at radius 1 is 1.27 bits per heavy atom. The molecule has 0 spiro atoms. The van der Waals surface area contributed by atoms with Gasteiger partial charge in [-0.15, -0.1) is 0 Å². The van der Waals surface area contributed by atoms with Crippen LogP contribution in [0.25, 0.3) is 0 Å². The summed E-state index contributed by atoms with van der Waals surface area (Å²) in [7, 11) is 1.53. The fourth-order valence-corrected chi connectivity index (χ4v) is 2.11. The van der Waals surface area contributed by atoms with Crippen LogP contribution in [0.15, 0.2) is 39.6 Å². The molecule has 6 heteroatoms. The monoisotopic (exact) mass is 302 g/mol. The fourth-order valence-electron chi connectivity index (χ4n) is 2.11. The van der Waals surface area contributed by atoms with Crippen LogP contribution in [0.1, 0.15) is 31.4 Å². The van der Waals surface area contributed by atoms with E-state index in [-0.39, 0.29) is 0 Å². The molecule has 1 aliphatic rings. The van der Waals surface area contributed by atoms with Crippen LogP contribution in [0.2, 0.25) is 0 Å². The highest BCUT2D eigenvalue weighted by Gasteiger charge is 2.18. The van der Waals surface area contributed by atoms with Crippen molar-refractivity contribution in [1.82, 2.24) is 5.32 Å². The minimum absolute atomic E-state index is 0.372. The van der Waals surface area contributed by atoms with Crippen LogP contribution >= 0.6 is 0 Å². The van der Waals surface area contributed by atoms with Gasteiger partial charge in [0.25, 0.3) is 0 Å². The van der Waals surface area contributed by atoms with Crippen molar-refractivity contribution in [3.8, 4) is 0 Å². The van der Waals surface area contributed by atoms with Crippen LogP contribution in [0, 0.1) is 0 Å². The molecule has 0 aromatic heterocycles. The maximum Gasteiger partial charge on any atom is 0.152 e. The van der Waals surface area contributed by atoms with Gasteiger partial charge in [0, 0.05) is 24.2 Å². The van der Waals surface area contributed by atoms with Gasteiger partial charge in [-0.05, 0) is 20.3 Å². The average molecular weight is 302 g/mol. The summed E-state index contributed by atoms with van der Waals surface area (Å²) in [6.07, 6.45) is 1.03. The lowest BCUT2D eigenvalue weighted by Gasteiger charge is -2.17. The Balaban J connectivity index is 2.29. The van der Waals surface area contributed by atoms with Gasteiger partial charge in [-0.2, -0.15) is 0 Å². The average Bonchev–Trinajstić information content (AvgIpc) is 2.54. The Labute approximate surface area is 130 Å². The standard InChI is InChI=1S/C16H22N4O2/c1-12(2)19-22-11-13-7-4-5-8-14(13)15(20-21-3)16-17-9-6-10-18-16/h4-5,7-8H,6,9-11H2,1-3H3,(H,17,18)/b20-15+. The van der Waals surface area contributed by atoms with Gasteiger partial charge in [-0.25, -0.2) is 0 Å². The van der Waals surface area contributed by atoms with Gasteiger partial charge in [0.15, 0.2) is 11.5 Å². The van der Waals surface area contributed by atoms with Crippen molar-refractivity contribution >= 4 is 17.3 Å². The van der Waals surface area contributed by atoms with Crippen LogP contribution in [0.4, 0.5) is 0 Å². The Morgan fingerprint density at radius 3 is 2.77 bits per heavy atom. The molecule has 0 aliphatic carbocycles. The first-order valence-corrected chi connectivity index (χ1v) is 7.33. The number of amidine groups is 1. The molecule has 1 aromatic carbocycles. The van der Waals surface area contributed by atoms with Crippen LogP contribution in [-0.2, 0) is 16.3 Å². The van der Waals surface area contributed by atoms with Crippen molar-refractivity contribution in [1.29, 1.82) is 0 Å². The van der Waals surface area contributed by atoms with E-state index in [4.69, 9.17) is 9.68 Å². The molecule has 0 amide bonds.